The number of aromatic nitrogens is 2. The van der Waals surface area contributed by atoms with Crippen LogP contribution in [0.2, 0.25) is 0 Å². The molecular formula is C19H32N6S. The van der Waals surface area contributed by atoms with E-state index in [1.807, 2.05) is 0 Å². The van der Waals surface area contributed by atoms with Crippen LogP contribution in [0.1, 0.15) is 52.4 Å². The number of hydrogen-bond donors (Lipinski definition) is 2. The number of rotatable bonds is 5. The fraction of sp³-hybridized carbons (Fsp3) is 0.737. The number of anilines is 3. The van der Waals surface area contributed by atoms with Crippen LogP contribution in [0, 0.1) is 5.92 Å². The molecule has 3 rings (SSSR count). The zero-order valence-electron chi connectivity index (χ0n) is 16.1. The van der Waals surface area contributed by atoms with E-state index in [0.29, 0.717) is 17.0 Å². The molecule has 26 heavy (non-hydrogen) atoms. The van der Waals surface area contributed by atoms with Crippen molar-refractivity contribution in [2.24, 2.45) is 5.92 Å². The van der Waals surface area contributed by atoms with Crippen LogP contribution in [0.25, 0.3) is 0 Å². The van der Waals surface area contributed by atoms with Gasteiger partial charge in [-0.3, -0.25) is 0 Å². The van der Waals surface area contributed by atoms with E-state index in [9.17, 15) is 0 Å². The first-order valence-electron chi connectivity index (χ1n) is 10.1. The summed E-state index contributed by atoms with van der Waals surface area (Å²) in [6, 6.07) is 2.16. The van der Waals surface area contributed by atoms with Crippen LogP contribution < -0.4 is 20.4 Å². The van der Waals surface area contributed by atoms with Crippen molar-refractivity contribution in [2.75, 3.05) is 47.8 Å². The largest absolute Gasteiger partial charge is 0.362 e. The highest BCUT2D eigenvalue weighted by atomic mass is 32.1. The maximum atomic E-state index is 5.42. The third-order valence-electron chi connectivity index (χ3n) is 4.96. The lowest BCUT2D eigenvalue weighted by atomic mass is 10.2. The fourth-order valence-corrected chi connectivity index (χ4v) is 3.67. The van der Waals surface area contributed by atoms with Crippen molar-refractivity contribution >= 4 is 34.9 Å². The first-order chi connectivity index (χ1) is 12.6. The molecule has 144 valence electrons. The molecule has 0 unspecified atom stereocenters. The summed E-state index contributed by atoms with van der Waals surface area (Å²) in [4.78, 5) is 14.3. The predicted octanol–water partition coefficient (Wildman–Crippen LogP) is 3.40. The summed E-state index contributed by atoms with van der Waals surface area (Å²) in [5.74, 6) is 3.19. The van der Waals surface area contributed by atoms with E-state index in [-0.39, 0.29) is 0 Å². The second kappa shape index (κ2) is 9.35. The van der Waals surface area contributed by atoms with Crippen molar-refractivity contribution in [3.05, 3.63) is 6.07 Å². The Morgan fingerprint density at radius 3 is 1.96 bits per heavy atom. The average molecular weight is 377 g/mol. The number of hydrogen-bond acceptors (Lipinski definition) is 5. The molecule has 2 fully saturated rings. The van der Waals surface area contributed by atoms with Gasteiger partial charge < -0.3 is 20.4 Å². The standard InChI is InChI=1S/C19H32N6S/c1-15(2)14-20-19(26)23-18-21-16(24-9-5-3-4-6-10-24)13-17(22-18)25-11-7-8-12-25/h13,15H,3-12,14H2,1-2H3,(H2,20,21,22,23,26). The molecule has 2 saturated heterocycles. The highest BCUT2D eigenvalue weighted by molar-refractivity contribution is 7.80. The summed E-state index contributed by atoms with van der Waals surface area (Å²) >= 11 is 5.42. The highest BCUT2D eigenvalue weighted by Gasteiger charge is 2.19. The van der Waals surface area contributed by atoms with Crippen LogP contribution in [-0.2, 0) is 0 Å². The second-order valence-electron chi connectivity index (χ2n) is 7.73. The molecular weight excluding hydrogens is 344 g/mol. The minimum atomic E-state index is 0.541. The number of nitrogens with zero attached hydrogens (tertiary/aromatic N) is 4. The van der Waals surface area contributed by atoms with Crippen LogP contribution in [0.5, 0.6) is 0 Å². The van der Waals surface area contributed by atoms with E-state index in [1.54, 1.807) is 0 Å². The monoisotopic (exact) mass is 376 g/mol. The van der Waals surface area contributed by atoms with Crippen molar-refractivity contribution in [3.8, 4) is 0 Å². The Kier molecular flexibility index (Phi) is 6.88. The van der Waals surface area contributed by atoms with E-state index >= 15 is 0 Å². The Morgan fingerprint density at radius 1 is 0.962 bits per heavy atom. The van der Waals surface area contributed by atoms with Gasteiger partial charge in [-0.05, 0) is 43.8 Å². The molecule has 1 aromatic rings. The zero-order valence-corrected chi connectivity index (χ0v) is 16.9. The molecule has 3 heterocycles. The fourth-order valence-electron chi connectivity index (χ4n) is 3.49. The maximum absolute atomic E-state index is 5.42. The normalized spacial score (nSPS) is 18.1. The summed E-state index contributed by atoms with van der Waals surface area (Å²) < 4.78 is 0. The molecule has 0 amide bonds. The van der Waals surface area contributed by atoms with E-state index in [1.165, 1.54) is 38.5 Å². The highest BCUT2D eigenvalue weighted by Crippen LogP contribution is 2.26. The summed E-state index contributed by atoms with van der Waals surface area (Å²) in [5, 5.41) is 7.04. The SMILES string of the molecule is CC(C)CNC(=S)Nc1nc(N2CCCCCC2)cc(N2CCCC2)n1. The van der Waals surface area contributed by atoms with Crippen LogP contribution in [0.15, 0.2) is 6.07 Å². The third kappa shape index (κ3) is 5.43. The molecule has 0 spiro atoms. The van der Waals surface area contributed by atoms with Crippen molar-refractivity contribution in [1.29, 1.82) is 0 Å². The van der Waals surface area contributed by atoms with Gasteiger partial charge in [-0.25, -0.2) is 0 Å². The molecule has 6 nitrogen and oxygen atoms in total. The molecule has 0 radical (unpaired) electrons. The third-order valence-corrected chi connectivity index (χ3v) is 5.20. The van der Waals surface area contributed by atoms with Gasteiger partial charge in [0, 0.05) is 38.8 Å². The molecule has 0 saturated carbocycles. The molecule has 0 atom stereocenters. The molecule has 7 heteroatoms. The van der Waals surface area contributed by atoms with Gasteiger partial charge in [0.2, 0.25) is 5.95 Å². The van der Waals surface area contributed by atoms with Crippen LogP contribution in [0.4, 0.5) is 17.6 Å². The minimum absolute atomic E-state index is 0.541. The van der Waals surface area contributed by atoms with Gasteiger partial charge in [0.05, 0.1) is 0 Å². The zero-order chi connectivity index (χ0) is 18.4. The van der Waals surface area contributed by atoms with Crippen LogP contribution in [-0.4, -0.2) is 47.8 Å². The molecule has 2 aliphatic heterocycles. The summed E-state index contributed by atoms with van der Waals surface area (Å²) in [7, 11) is 0. The van der Waals surface area contributed by atoms with Crippen molar-refractivity contribution in [2.45, 2.75) is 52.4 Å². The molecule has 2 N–H and O–H groups in total. The molecule has 0 bridgehead atoms. The van der Waals surface area contributed by atoms with Crippen molar-refractivity contribution < 1.29 is 0 Å². The Hall–Kier alpha value is -1.63. The number of thiocarbonyl (C=S) groups is 1. The predicted molar refractivity (Wildman–Crippen MR) is 113 cm³/mol. The Morgan fingerprint density at radius 2 is 1.46 bits per heavy atom. The first kappa shape index (κ1) is 19.1. The Labute approximate surface area is 162 Å². The van der Waals surface area contributed by atoms with E-state index in [2.05, 4.69) is 40.3 Å². The lowest BCUT2D eigenvalue weighted by Gasteiger charge is -2.25. The Bertz CT molecular complexity index is 592. The lowest BCUT2D eigenvalue weighted by molar-refractivity contribution is 0.627. The smallest absolute Gasteiger partial charge is 0.232 e. The van der Waals surface area contributed by atoms with Gasteiger partial charge in [0.25, 0.3) is 0 Å². The van der Waals surface area contributed by atoms with Crippen molar-refractivity contribution in [1.82, 2.24) is 15.3 Å². The Balaban J connectivity index is 1.78. The van der Waals surface area contributed by atoms with Gasteiger partial charge in [-0.2, -0.15) is 9.97 Å². The maximum Gasteiger partial charge on any atom is 0.232 e. The van der Waals surface area contributed by atoms with Gasteiger partial charge in [-0.1, -0.05) is 26.7 Å². The topological polar surface area (TPSA) is 56.3 Å². The molecule has 0 aliphatic carbocycles. The van der Waals surface area contributed by atoms with Gasteiger partial charge in [-0.15, -0.1) is 0 Å². The quantitative estimate of drug-likeness (QED) is 0.764. The van der Waals surface area contributed by atoms with Crippen LogP contribution >= 0.6 is 12.2 Å². The molecule has 0 aromatic carbocycles. The molecule has 2 aliphatic rings. The summed E-state index contributed by atoms with van der Waals surface area (Å²) in [6.07, 6.45) is 7.57. The summed E-state index contributed by atoms with van der Waals surface area (Å²) in [6.45, 7) is 9.47. The van der Waals surface area contributed by atoms with E-state index in [0.717, 1.165) is 44.4 Å². The van der Waals surface area contributed by atoms with E-state index in [4.69, 9.17) is 22.2 Å². The second-order valence-corrected chi connectivity index (χ2v) is 8.14. The average Bonchev–Trinajstić information content (AvgIpc) is 3.02. The van der Waals surface area contributed by atoms with Gasteiger partial charge in [0.15, 0.2) is 5.11 Å². The molecule has 1 aromatic heterocycles. The minimum Gasteiger partial charge on any atom is -0.362 e. The summed E-state index contributed by atoms with van der Waals surface area (Å²) in [5.41, 5.74) is 0. The van der Waals surface area contributed by atoms with E-state index < -0.39 is 0 Å². The number of nitrogens with one attached hydrogen (secondary N) is 2. The lowest BCUT2D eigenvalue weighted by Crippen LogP contribution is -2.33. The van der Waals surface area contributed by atoms with Crippen molar-refractivity contribution in [3.63, 3.8) is 0 Å². The first-order valence-corrected chi connectivity index (χ1v) is 10.5. The van der Waals surface area contributed by atoms with Crippen LogP contribution in [0.3, 0.4) is 0 Å². The van der Waals surface area contributed by atoms with Gasteiger partial charge in [0.1, 0.15) is 11.6 Å². The van der Waals surface area contributed by atoms with Gasteiger partial charge >= 0.3 is 0 Å².